The van der Waals surface area contributed by atoms with E-state index in [1.54, 1.807) is 19.1 Å². The standard InChI is InChI=1S/C14H21N3O3S/c1-10-4-5-12(9-13(10)21(15,19)20)17-14(18)7-6-11-3-2-8-16-11/h4-5,9,11,16H,2-3,6-8H2,1H3,(H,17,18)(H2,15,19,20). The van der Waals surface area contributed by atoms with Gasteiger partial charge in [0.05, 0.1) is 4.90 Å². The molecule has 0 aliphatic carbocycles. The predicted octanol–water partition coefficient (Wildman–Crippen LogP) is 1.11. The smallest absolute Gasteiger partial charge is 0.238 e. The van der Waals surface area contributed by atoms with Gasteiger partial charge in [0.15, 0.2) is 0 Å². The maximum absolute atomic E-state index is 11.9. The zero-order valence-corrected chi connectivity index (χ0v) is 12.9. The molecule has 0 bridgehead atoms. The Labute approximate surface area is 125 Å². The molecule has 0 saturated carbocycles. The SMILES string of the molecule is Cc1ccc(NC(=O)CCC2CCCN2)cc1S(N)(=O)=O. The van der Waals surface area contributed by atoms with Crippen LogP contribution in [0.3, 0.4) is 0 Å². The van der Waals surface area contributed by atoms with Crippen LogP contribution >= 0.6 is 0 Å². The second-order valence-electron chi connectivity index (χ2n) is 5.41. The average Bonchev–Trinajstić information content (AvgIpc) is 2.90. The van der Waals surface area contributed by atoms with Gasteiger partial charge in [-0.1, -0.05) is 6.07 Å². The number of amides is 1. The molecule has 2 rings (SSSR count). The predicted molar refractivity (Wildman–Crippen MR) is 81.4 cm³/mol. The summed E-state index contributed by atoms with van der Waals surface area (Å²) in [5, 5.41) is 11.2. The molecular formula is C14H21N3O3S. The van der Waals surface area contributed by atoms with Crippen LogP contribution in [-0.4, -0.2) is 26.9 Å². The zero-order valence-electron chi connectivity index (χ0n) is 12.1. The summed E-state index contributed by atoms with van der Waals surface area (Å²) in [6.45, 7) is 2.68. The highest BCUT2D eigenvalue weighted by atomic mass is 32.2. The average molecular weight is 311 g/mol. The molecule has 7 heteroatoms. The molecule has 1 aliphatic heterocycles. The fraction of sp³-hybridized carbons (Fsp3) is 0.500. The van der Waals surface area contributed by atoms with E-state index in [-0.39, 0.29) is 10.8 Å². The Morgan fingerprint density at radius 3 is 2.86 bits per heavy atom. The van der Waals surface area contributed by atoms with Crippen LogP contribution in [0, 0.1) is 6.92 Å². The summed E-state index contributed by atoms with van der Waals surface area (Å²) in [6, 6.07) is 5.12. The first-order valence-electron chi connectivity index (χ1n) is 7.03. The van der Waals surface area contributed by atoms with Crippen molar-refractivity contribution in [3.63, 3.8) is 0 Å². The van der Waals surface area contributed by atoms with E-state index < -0.39 is 10.0 Å². The summed E-state index contributed by atoms with van der Waals surface area (Å²) in [5.74, 6) is -0.118. The maximum Gasteiger partial charge on any atom is 0.238 e. The summed E-state index contributed by atoms with van der Waals surface area (Å²) < 4.78 is 22.9. The van der Waals surface area contributed by atoms with Crippen molar-refractivity contribution in [3.8, 4) is 0 Å². The maximum atomic E-state index is 11.9. The molecule has 1 amide bonds. The Bertz CT molecular complexity index is 622. The van der Waals surface area contributed by atoms with Crippen molar-refractivity contribution in [2.24, 2.45) is 5.14 Å². The minimum atomic E-state index is -3.78. The quantitative estimate of drug-likeness (QED) is 0.758. The molecule has 21 heavy (non-hydrogen) atoms. The molecule has 6 nitrogen and oxygen atoms in total. The van der Waals surface area contributed by atoms with Gasteiger partial charge in [-0.2, -0.15) is 0 Å². The summed E-state index contributed by atoms with van der Waals surface area (Å²) >= 11 is 0. The summed E-state index contributed by atoms with van der Waals surface area (Å²) in [7, 11) is -3.78. The van der Waals surface area contributed by atoms with Crippen molar-refractivity contribution in [2.75, 3.05) is 11.9 Å². The fourth-order valence-electron chi connectivity index (χ4n) is 2.52. The molecule has 0 spiro atoms. The molecule has 116 valence electrons. The second-order valence-corrected chi connectivity index (χ2v) is 6.94. The molecule has 1 aromatic carbocycles. The number of carbonyl (C=O) groups is 1. The van der Waals surface area contributed by atoms with Crippen LogP contribution in [0.15, 0.2) is 23.1 Å². The van der Waals surface area contributed by atoms with Crippen LogP contribution in [0.25, 0.3) is 0 Å². The second kappa shape index (κ2) is 6.55. The number of primary sulfonamides is 1. The van der Waals surface area contributed by atoms with Gasteiger partial charge in [-0.05, 0) is 50.4 Å². The van der Waals surface area contributed by atoms with E-state index in [4.69, 9.17) is 5.14 Å². The number of benzene rings is 1. The third kappa shape index (κ3) is 4.52. The zero-order chi connectivity index (χ0) is 15.5. The number of sulfonamides is 1. The van der Waals surface area contributed by atoms with Crippen LogP contribution in [0.1, 0.15) is 31.2 Å². The number of rotatable bonds is 5. The number of nitrogens with two attached hydrogens (primary N) is 1. The fourth-order valence-corrected chi connectivity index (χ4v) is 3.32. The highest BCUT2D eigenvalue weighted by Gasteiger charge is 2.16. The lowest BCUT2D eigenvalue weighted by atomic mass is 10.1. The van der Waals surface area contributed by atoms with E-state index in [0.29, 0.717) is 23.7 Å². The Morgan fingerprint density at radius 1 is 1.48 bits per heavy atom. The van der Waals surface area contributed by atoms with E-state index in [9.17, 15) is 13.2 Å². The van der Waals surface area contributed by atoms with E-state index in [1.807, 2.05) is 0 Å². The van der Waals surface area contributed by atoms with Gasteiger partial charge in [-0.15, -0.1) is 0 Å². The summed E-state index contributed by atoms with van der Waals surface area (Å²) in [5.41, 5.74) is 1.01. The first-order valence-corrected chi connectivity index (χ1v) is 8.57. The van der Waals surface area contributed by atoms with Crippen molar-refractivity contribution in [1.29, 1.82) is 0 Å². The molecular weight excluding hydrogens is 290 g/mol. The van der Waals surface area contributed by atoms with Crippen LogP contribution in [0.2, 0.25) is 0 Å². The molecule has 1 aliphatic rings. The van der Waals surface area contributed by atoms with Crippen molar-refractivity contribution in [3.05, 3.63) is 23.8 Å². The first kappa shape index (κ1) is 15.9. The van der Waals surface area contributed by atoms with Crippen molar-refractivity contribution in [2.45, 2.75) is 43.5 Å². The van der Waals surface area contributed by atoms with Crippen LogP contribution in [0.4, 0.5) is 5.69 Å². The molecule has 1 atom stereocenters. The van der Waals surface area contributed by atoms with Crippen molar-refractivity contribution in [1.82, 2.24) is 5.32 Å². The van der Waals surface area contributed by atoms with Crippen LogP contribution in [0.5, 0.6) is 0 Å². The first-order chi connectivity index (χ1) is 9.86. The summed E-state index contributed by atoms with van der Waals surface area (Å²) in [4.78, 5) is 11.9. The van der Waals surface area contributed by atoms with Crippen LogP contribution in [-0.2, 0) is 14.8 Å². The van der Waals surface area contributed by atoms with E-state index in [0.717, 1.165) is 25.8 Å². The van der Waals surface area contributed by atoms with Gasteiger partial charge in [-0.25, -0.2) is 13.6 Å². The highest BCUT2D eigenvalue weighted by molar-refractivity contribution is 7.89. The van der Waals surface area contributed by atoms with Gasteiger partial charge in [0.1, 0.15) is 0 Å². The van der Waals surface area contributed by atoms with Crippen LogP contribution < -0.4 is 15.8 Å². The Balaban J connectivity index is 1.97. The van der Waals surface area contributed by atoms with E-state index >= 15 is 0 Å². The van der Waals surface area contributed by atoms with E-state index in [2.05, 4.69) is 10.6 Å². The molecule has 0 aromatic heterocycles. The van der Waals surface area contributed by atoms with Gasteiger partial charge < -0.3 is 10.6 Å². The number of nitrogens with one attached hydrogen (secondary N) is 2. The third-order valence-corrected chi connectivity index (χ3v) is 4.71. The number of anilines is 1. The lowest BCUT2D eigenvalue weighted by Crippen LogP contribution is -2.23. The van der Waals surface area contributed by atoms with Gasteiger partial charge in [0, 0.05) is 18.2 Å². The molecule has 4 N–H and O–H groups in total. The largest absolute Gasteiger partial charge is 0.326 e. The molecule has 0 radical (unpaired) electrons. The minimum Gasteiger partial charge on any atom is -0.326 e. The van der Waals surface area contributed by atoms with E-state index in [1.165, 1.54) is 6.07 Å². The van der Waals surface area contributed by atoms with Crippen molar-refractivity contribution >= 4 is 21.6 Å². The molecule has 1 heterocycles. The number of hydrogen-bond donors (Lipinski definition) is 3. The lowest BCUT2D eigenvalue weighted by Gasteiger charge is -2.11. The third-order valence-electron chi connectivity index (χ3n) is 3.66. The van der Waals surface area contributed by atoms with Gasteiger partial charge in [0.25, 0.3) is 0 Å². The Kier molecular flexibility index (Phi) is 4.97. The lowest BCUT2D eigenvalue weighted by molar-refractivity contribution is -0.116. The highest BCUT2D eigenvalue weighted by Crippen LogP contribution is 2.19. The molecule has 1 aromatic rings. The minimum absolute atomic E-state index is 0.0396. The molecule has 1 fully saturated rings. The Morgan fingerprint density at radius 2 is 2.24 bits per heavy atom. The number of carbonyl (C=O) groups excluding carboxylic acids is 1. The van der Waals surface area contributed by atoms with Gasteiger partial charge >= 0.3 is 0 Å². The normalized spacial score (nSPS) is 18.7. The topological polar surface area (TPSA) is 101 Å². The monoisotopic (exact) mass is 311 g/mol. The number of aryl methyl sites for hydroxylation is 1. The molecule has 1 unspecified atom stereocenters. The van der Waals surface area contributed by atoms with Crippen molar-refractivity contribution < 1.29 is 13.2 Å². The summed E-state index contributed by atoms with van der Waals surface area (Å²) in [6.07, 6.45) is 3.46. The number of hydrogen-bond acceptors (Lipinski definition) is 4. The molecule has 1 saturated heterocycles. The Hall–Kier alpha value is -1.44. The van der Waals surface area contributed by atoms with Gasteiger partial charge in [-0.3, -0.25) is 4.79 Å². The van der Waals surface area contributed by atoms with Gasteiger partial charge in [0.2, 0.25) is 15.9 Å².